The summed E-state index contributed by atoms with van der Waals surface area (Å²) >= 11 is 1.60. The van der Waals surface area contributed by atoms with Crippen LogP contribution in [-0.2, 0) is 6.42 Å². The summed E-state index contributed by atoms with van der Waals surface area (Å²) in [4.78, 5) is 13.4. The molecule has 0 aromatic heterocycles. The van der Waals surface area contributed by atoms with Gasteiger partial charge in [-0.05, 0) is 37.1 Å². The van der Waals surface area contributed by atoms with Gasteiger partial charge in [-0.25, -0.2) is 0 Å². The first-order valence-electron chi connectivity index (χ1n) is 7.00. The second-order valence-electron chi connectivity index (χ2n) is 4.98. The maximum Gasteiger partial charge on any atom is 0.173 e. The van der Waals surface area contributed by atoms with Crippen LogP contribution < -0.4 is 0 Å². The van der Waals surface area contributed by atoms with Crippen LogP contribution >= 0.6 is 11.8 Å². The predicted molar refractivity (Wildman–Crippen MR) is 86.7 cm³/mol. The van der Waals surface area contributed by atoms with Crippen molar-refractivity contribution in [1.29, 1.82) is 0 Å². The molecule has 0 amide bonds. The first-order valence-corrected chi connectivity index (χ1v) is 7.99. The number of benzene rings is 2. The lowest BCUT2D eigenvalue weighted by atomic mass is 10.1. The quantitative estimate of drug-likeness (QED) is 0.553. The average Bonchev–Trinajstić information content (AvgIpc) is 2.47. The Labute approximate surface area is 125 Å². The number of thioether (sulfide) groups is 1. The van der Waals surface area contributed by atoms with Gasteiger partial charge in [0.25, 0.3) is 0 Å². The van der Waals surface area contributed by atoms with E-state index in [-0.39, 0.29) is 5.78 Å². The van der Waals surface area contributed by atoms with Crippen molar-refractivity contribution in [1.82, 2.24) is 0 Å². The van der Waals surface area contributed by atoms with E-state index >= 15 is 0 Å². The minimum absolute atomic E-state index is 0.202. The highest BCUT2D eigenvalue weighted by molar-refractivity contribution is 8.00. The van der Waals surface area contributed by atoms with Crippen molar-refractivity contribution >= 4 is 17.5 Å². The summed E-state index contributed by atoms with van der Waals surface area (Å²) in [5, 5.41) is 0. The van der Waals surface area contributed by atoms with Crippen molar-refractivity contribution in [2.45, 2.75) is 31.6 Å². The molecular weight excluding hydrogens is 264 g/mol. The summed E-state index contributed by atoms with van der Waals surface area (Å²) in [5.74, 6) is 0.701. The lowest BCUT2D eigenvalue weighted by Crippen LogP contribution is -2.03. The van der Waals surface area contributed by atoms with Crippen molar-refractivity contribution in [3.63, 3.8) is 0 Å². The van der Waals surface area contributed by atoms with Crippen molar-refractivity contribution < 1.29 is 4.79 Å². The summed E-state index contributed by atoms with van der Waals surface area (Å²) in [7, 11) is 0. The van der Waals surface area contributed by atoms with Gasteiger partial charge in [-0.2, -0.15) is 0 Å². The zero-order valence-electron chi connectivity index (χ0n) is 12.1. The lowest BCUT2D eigenvalue weighted by molar-refractivity contribution is 0.102. The van der Waals surface area contributed by atoms with Gasteiger partial charge in [-0.1, -0.05) is 49.2 Å². The molecule has 0 fully saturated rings. The molecule has 0 radical (unpaired) electrons. The number of rotatable bonds is 6. The van der Waals surface area contributed by atoms with Crippen LogP contribution in [0.15, 0.2) is 53.4 Å². The Morgan fingerprint density at radius 3 is 2.55 bits per heavy atom. The minimum Gasteiger partial charge on any atom is -0.293 e. The van der Waals surface area contributed by atoms with Gasteiger partial charge in [-0.3, -0.25) is 4.79 Å². The summed E-state index contributed by atoms with van der Waals surface area (Å²) in [6.07, 6.45) is 2.14. The first-order chi connectivity index (χ1) is 9.69. The summed E-state index contributed by atoms with van der Waals surface area (Å²) in [6, 6.07) is 16.3. The van der Waals surface area contributed by atoms with E-state index in [9.17, 15) is 4.79 Å². The third-order valence-electron chi connectivity index (χ3n) is 3.18. The smallest absolute Gasteiger partial charge is 0.173 e. The zero-order chi connectivity index (χ0) is 14.4. The normalized spacial score (nSPS) is 10.5. The third-order valence-corrected chi connectivity index (χ3v) is 4.19. The molecule has 0 aliphatic heterocycles. The van der Waals surface area contributed by atoms with Crippen LogP contribution in [0.4, 0.5) is 0 Å². The fraction of sp³-hybridized carbons (Fsp3) is 0.278. The molecule has 0 aliphatic rings. The van der Waals surface area contributed by atoms with Gasteiger partial charge in [0.15, 0.2) is 5.78 Å². The van der Waals surface area contributed by atoms with Crippen molar-refractivity contribution in [3.8, 4) is 0 Å². The molecule has 2 heteroatoms. The topological polar surface area (TPSA) is 17.1 Å². The third kappa shape index (κ3) is 4.24. The van der Waals surface area contributed by atoms with Crippen LogP contribution in [0.5, 0.6) is 0 Å². The molecule has 1 nitrogen and oxygen atoms in total. The minimum atomic E-state index is 0.202. The first kappa shape index (κ1) is 14.9. The van der Waals surface area contributed by atoms with Crippen molar-refractivity contribution in [3.05, 3.63) is 65.2 Å². The largest absolute Gasteiger partial charge is 0.293 e. The highest BCUT2D eigenvalue weighted by atomic mass is 32.2. The number of hydrogen-bond donors (Lipinski definition) is 0. The molecule has 0 saturated carbocycles. The molecule has 0 N–H and O–H groups in total. The molecule has 2 aromatic rings. The average molecular weight is 284 g/mol. The number of carbonyl (C=O) groups excluding carboxylic acids is 1. The molecule has 2 rings (SSSR count). The predicted octanol–water partition coefficient (Wildman–Crippen LogP) is 4.92. The van der Waals surface area contributed by atoms with Crippen LogP contribution in [0.2, 0.25) is 0 Å². The number of aryl methyl sites for hydroxylation is 2. The van der Waals surface area contributed by atoms with E-state index in [2.05, 4.69) is 44.2 Å². The number of Topliss-reactive ketones (excluding diaryl/α,β-unsaturated/α-hetero) is 1. The molecule has 0 atom stereocenters. The Kier molecular flexibility index (Phi) is 5.42. The summed E-state index contributed by atoms with van der Waals surface area (Å²) in [6.45, 7) is 4.22. The van der Waals surface area contributed by atoms with E-state index in [1.54, 1.807) is 11.8 Å². The molecule has 0 bridgehead atoms. The summed E-state index contributed by atoms with van der Waals surface area (Å²) in [5.41, 5.74) is 3.32. The fourth-order valence-electron chi connectivity index (χ4n) is 2.06. The number of carbonyl (C=O) groups is 1. The molecular formula is C18H20OS. The second kappa shape index (κ2) is 7.30. The monoisotopic (exact) mass is 284 g/mol. The molecule has 0 aliphatic carbocycles. The molecule has 20 heavy (non-hydrogen) atoms. The van der Waals surface area contributed by atoms with E-state index in [1.807, 2.05) is 18.2 Å². The van der Waals surface area contributed by atoms with E-state index < -0.39 is 0 Å². The highest BCUT2D eigenvalue weighted by Gasteiger charge is 2.07. The second-order valence-corrected chi connectivity index (χ2v) is 6.02. The van der Waals surface area contributed by atoms with E-state index in [0.29, 0.717) is 5.75 Å². The highest BCUT2D eigenvalue weighted by Crippen LogP contribution is 2.20. The molecule has 2 aromatic carbocycles. The lowest BCUT2D eigenvalue weighted by Gasteiger charge is -2.04. The maximum atomic E-state index is 12.2. The summed E-state index contributed by atoms with van der Waals surface area (Å²) < 4.78 is 0. The van der Waals surface area contributed by atoms with Gasteiger partial charge in [0.2, 0.25) is 0 Å². The molecule has 0 spiro atoms. The Morgan fingerprint density at radius 1 is 1.10 bits per heavy atom. The molecule has 0 unspecified atom stereocenters. The van der Waals surface area contributed by atoms with Crippen LogP contribution in [-0.4, -0.2) is 11.5 Å². The Hall–Kier alpha value is -1.54. The Bertz CT molecular complexity index is 572. The van der Waals surface area contributed by atoms with Crippen molar-refractivity contribution in [2.75, 3.05) is 5.75 Å². The van der Waals surface area contributed by atoms with Gasteiger partial charge in [0.05, 0.1) is 5.75 Å². The Morgan fingerprint density at radius 2 is 1.85 bits per heavy atom. The van der Waals surface area contributed by atoms with Gasteiger partial charge >= 0.3 is 0 Å². The van der Waals surface area contributed by atoms with Crippen molar-refractivity contribution in [2.24, 2.45) is 0 Å². The van der Waals surface area contributed by atoms with E-state index in [4.69, 9.17) is 0 Å². The standard InChI is InChI=1S/C18H20OS/c1-3-5-15-6-4-7-16(12-15)18(19)13-20-17-10-8-14(2)9-11-17/h4,6-12H,3,5,13H2,1-2H3. The molecule has 0 heterocycles. The van der Waals surface area contributed by atoms with Crippen LogP contribution in [0.3, 0.4) is 0 Å². The van der Waals surface area contributed by atoms with Gasteiger partial charge in [-0.15, -0.1) is 11.8 Å². The number of ketones is 1. The molecule has 104 valence electrons. The van der Waals surface area contributed by atoms with Gasteiger partial charge in [0.1, 0.15) is 0 Å². The molecule has 0 saturated heterocycles. The van der Waals surface area contributed by atoms with Gasteiger partial charge in [0, 0.05) is 10.5 Å². The van der Waals surface area contributed by atoms with E-state index in [0.717, 1.165) is 23.3 Å². The van der Waals surface area contributed by atoms with E-state index in [1.165, 1.54) is 11.1 Å². The SMILES string of the molecule is CCCc1cccc(C(=O)CSc2ccc(C)cc2)c1. The van der Waals surface area contributed by atoms with Gasteiger partial charge < -0.3 is 0 Å². The van der Waals surface area contributed by atoms with Crippen LogP contribution in [0, 0.1) is 6.92 Å². The van der Waals surface area contributed by atoms with Crippen LogP contribution in [0.25, 0.3) is 0 Å². The zero-order valence-corrected chi connectivity index (χ0v) is 12.9. The fourth-order valence-corrected chi connectivity index (χ4v) is 2.85. The Balaban J connectivity index is 1.97. The maximum absolute atomic E-state index is 12.2. The number of hydrogen-bond acceptors (Lipinski definition) is 2. The van der Waals surface area contributed by atoms with Crippen LogP contribution in [0.1, 0.15) is 34.8 Å².